The maximum Gasteiger partial charge on any atom is 0.252 e. The van der Waals surface area contributed by atoms with E-state index in [1.807, 2.05) is 71.0 Å². The summed E-state index contributed by atoms with van der Waals surface area (Å²) in [6.07, 6.45) is 1.47. The average molecular weight is 354 g/mol. The van der Waals surface area contributed by atoms with E-state index in [1.54, 1.807) is 6.20 Å². The van der Waals surface area contributed by atoms with Crippen molar-refractivity contribution in [2.24, 2.45) is 0 Å². The highest BCUT2D eigenvalue weighted by Crippen LogP contribution is 2.35. The van der Waals surface area contributed by atoms with Gasteiger partial charge in [0.15, 0.2) is 5.79 Å². The SMILES string of the molecule is Cc1cccc(C2COC(C)(C)O2)c1C(=O)NC(C)(C)c1ccccn1. The predicted molar refractivity (Wildman–Crippen MR) is 99.8 cm³/mol. The lowest BCUT2D eigenvalue weighted by Gasteiger charge is -2.27. The molecule has 1 fully saturated rings. The summed E-state index contributed by atoms with van der Waals surface area (Å²) in [5.74, 6) is -0.780. The lowest BCUT2D eigenvalue weighted by atomic mass is 9.94. The standard InChI is InChI=1S/C21H26N2O3/c1-14-9-8-10-15(16-13-25-21(4,5)26-16)18(14)19(24)23-20(2,3)17-11-6-7-12-22-17/h6-12,16H,13H2,1-5H3,(H,23,24). The molecule has 0 radical (unpaired) electrons. The molecule has 26 heavy (non-hydrogen) atoms. The second-order valence-corrected chi connectivity index (χ2v) is 7.65. The lowest BCUT2D eigenvalue weighted by molar-refractivity contribution is -0.139. The largest absolute Gasteiger partial charge is 0.347 e. The van der Waals surface area contributed by atoms with E-state index in [9.17, 15) is 4.79 Å². The number of benzene rings is 1. The highest BCUT2D eigenvalue weighted by atomic mass is 16.7. The summed E-state index contributed by atoms with van der Waals surface area (Å²) in [5.41, 5.74) is 2.62. The molecule has 1 aromatic carbocycles. The summed E-state index contributed by atoms with van der Waals surface area (Å²) in [4.78, 5) is 17.5. The fourth-order valence-electron chi connectivity index (χ4n) is 3.25. The zero-order chi connectivity index (χ0) is 18.9. The molecule has 1 aliphatic heterocycles. The third-order valence-corrected chi connectivity index (χ3v) is 4.62. The first-order valence-corrected chi connectivity index (χ1v) is 8.85. The van der Waals surface area contributed by atoms with Crippen LogP contribution in [-0.2, 0) is 15.0 Å². The molecule has 1 aromatic heterocycles. The first kappa shape index (κ1) is 18.5. The second kappa shape index (κ2) is 6.82. The number of pyridine rings is 1. The Morgan fingerprint density at radius 1 is 1.23 bits per heavy atom. The van der Waals surface area contributed by atoms with Crippen molar-refractivity contribution in [3.8, 4) is 0 Å². The molecule has 1 amide bonds. The number of nitrogens with zero attached hydrogens (tertiary/aromatic N) is 1. The van der Waals surface area contributed by atoms with Crippen LogP contribution in [0.25, 0.3) is 0 Å². The van der Waals surface area contributed by atoms with Gasteiger partial charge in [0.2, 0.25) is 0 Å². The number of carbonyl (C=O) groups is 1. The topological polar surface area (TPSA) is 60.5 Å². The van der Waals surface area contributed by atoms with Gasteiger partial charge >= 0.3 is 0 Å². The molecule has 1 N–H and O–H groups in total. The van der Waals surface area contributed by atoms with Crippen LogP contribution in [0.3, 0.4) is 0 Å². The molecule has 0 bridgehead atoms. The number of hydrogen-bond acceptors (Lipinski definition) is 4. The van der Waals surface area contributed by atoms with Crippen molar-refractivity contribution in [3.63, 3.8) is 0 Å². The maximum absolute atomic E-state index is 13.2. The first-order valence-electron chi connectivity index (χ1n) is 8.85. The van der Waals surface area contributed by atoms with Crippen molar-refractivity contribution < 1.29 is 14.3 Å². The zero-order valence-electron chi connectivity index (χ0n) is 16.0. The van der Waals surface area contributed by atoms with Crippen LogP contribution in [-0.4, -0.2) is 23.3 Å². The van der Waals surface area contributed by atoms with Crippen LogP contribution >= 0.6 is 0 Å². The van der Waals surface area contributed by atoms with Crippen molar-refractivity contribution >= 4 is 5.91 Å². The first-order chi connectivity index (χ1) is 12.2. The average Bonchev–Trinajstić information content (AvgIpc) is 2.95. The minimum absolute atomic E-state index is 0.137. The Labute approximate surface area is 154 Å². The van der Waals surface area contributed by atoms with Gasteiger partial charge in [-0.1, -0.05) is 24.3 Å². The molecule has 2 heterocycles. The number of ether oxygens (including phenoxy) is 2. The Hall–Kier alpha value is -2.24. The number of rotatable bonds is 4. The Balaban J connectivity index is 1.90. The molecule has 0 aliphatic carbocycles. The Kier molecular flexibility index (Phi) is 4.86. The van der Waals surface area contributed by atoms with Crippen LogP contribution in [0.15, 0.2) is 42.6 Å². The molecule has 1 saturated heterocycles. The summed E-state index contributed by atoms with van der Waals surface area (Å²) in [7, 11) is 0. The van der Waals surface area contributed by atoms with Gasteiger partial charge < -0.3 is 14.8 Å². The summed E-state index contributed by atoms with van der Waals surface area (Å²) in [6.45, 7) is 10.0. The van der Waals surface area contributed by atoms with E-state index in [4.69, 9.17) is 9.47 Å². The third-order valence-electron chi connectivity index (χ3n) is 4.62. The molecule has 138 valence electrons. The molecule has 0 spiro atoms. The van der Waals surface area contributed by atoms with Crippen molar-refractivity contribution in [3.05, 3.63) is 65.0 Å². The van der Waals surface area contributed by atoms with Crippen molar-refractivity contribution in [1.29, 1.82) is 0 Å². The zero-order valence-corrected chi connectivity index (χ0v) is 16.0. The van der Waals surface area contributed by atoms with E-state index in [-0.39, 0.29) is 12.0 Å². The van der Waals surface area contributed by atoms with Crippen LogP contribution in [0.5, 0.6) is 0 Å². The van der Waals surface area contributed by atoms with Gasteiger partial charge in [-0.3, -0.25) is 9.78 Å². The fraction of sp³-hybridized carbons (Fsp3) is 0.429. The monoisotopic (exact) mass is 354 g/mol. The molecular weight excluding hydrogens is 328 g/mol. The van der Waals surface area contributed by atoms with Crippen LogP contribution in [0.4, 0.5) is 0 Å². The van der Waals surface area contributed by atoms with Crippen LogP contribution in [0, 0.1) is 6.92 Å². The highest BCUT2D eigenvalue weighted by Gasteiger charge is 2.36. The smallest absolute Gasteiger partial charge is 0.252 e. The van der Waals surface area contributed by atoms with Gasteiger partial charge in [0.05, 0.1) is 17.8 Å². The van der Waals surface area contributed by atoms with E-state index in [0.29, 0.717) is 12.2 Å². The number of nitrogens with one attached hydrogen (secondary N) is 1. The molecule has 1 aliphatic rings. The second-order valence-electron chi connectivity index (χ2n) is 7.65. The number of aryl methyl sites for hydroxylation is 1. The normalized spacial score (nSPS) is 19.3. The summed E-state index contributed by atoms with van der Waals surface area (Å²) in [5, 5.41) is 3.12. The highest BCUT2D eigenvalue weighted by molar-refractivity contribution is 5.97. The summed E-state index contributed by atoms with van der Waals surface area (Å²) < 4.78 is 11.7. The van der Waals surface area contributed by atoms with Crippen LogP contribution < -0.4 is 5.32 Å². The van der Waals surface area contributed by atoms with Gasteiger partial charge in [-0.25, -0.2) is 0 Å². The van der Waals surface area contributed by atoms with Gasteiger partial charge in [-0.05, 0) is 57.9 Å². The molecule has 1 unspecified atom stereocenters. The quantitative estimate of drug-likeness (QED) is 0.905. The Morgan fingerprint density at radius 2 is 2.00 bits per heavy atom. The summed E-state index contributed by atoms with van der Waals surface area (Å²) >= 11 is 0. The van der Waals surface area contributed by atoms with E-state index >= 15 is 0 Å². The molecule has 5 nitrogen and oxygen atoms in total. The van der Waals surface area contributed by atoms with Crippen LogP contribution in [0.2, 0.25) is 0 Å². The third kappa shape index (κ3) is 3.79. The van der Waals surface area contributed by atoms with Gasteiger partial charge in [-0.15, -0.1) is 0 Å². The van der Waals surface area contributed by atoms with E-state index in [1.165, 1.54) is 0 Å². The maximum atomic E-state index is 13.2. The number of carbonyl (C=O) groups excluding carboxylic acids is 1. The number of aromatic nitrogens is 1. The van der Waals surface area contributed by atoms with Gasteiger partial charge in [0, 0.05) is 11.8 Å². The lowest BCUT2D eigenvalue weighted by Crippen LogP contribution is -2.42. The van der Waals surface area contributed by atoms with Crippen molar-refractivity contribution in [2.45, 2.75) is 52.0 Å². The van der Waals surface area contributed by atoms with Crippen molar-refractivity contribution in [1.82, 2.24) is 10.3 Å². The van der Waals surface area contributed by atoms with E-state index < -0.39 is 11.3 Å². The van der Waals surface area contributed by atoms with E-state index in [2.05, 4.69) is 10.3 Å². The van der Waals surface area contributed by atoms with Gasteiger partial charge in [0.1, 0.15) is 6.10 Å². The minimum atomic E-state index is -0.643. The number of amides is 1. The van der Waals surface area contributed by atoms with Crippen LogP contribution in [0.1, 0.15) is 61.0 Å². The Bertz CT molecular complexity index is 800. The fourth-order valence-corrected chi connectivity index (χ4v) is 3.25. The molecule has 1 atom stereocenters. The van der Waals surface area contributed by atoms with E-state index in [0.717, 1.165) is 16.8 Å². The molecule has 5 heteroatoms. The summed E-state index contributed by atoms with van der Waals surface area (Å²) in [6, 6.07) is 11.5. The molecule has 0 saturated carbocycles. The van der Waals surface area contributed by atoms with Crippen molar-refractivity contribution in [2.75, 3.05) is 6.61 Å². The molecule has 2 aromatic rings. The van der Waals surface area contributed by atoms with Gasteiger partial charge in [-0.2, -0.15) is 0 Å². The molecule has 3 rings (SSSR count). The molecular formula is C21H26N2O3. The number of hydrogen-bond donors (Lipinski definition) is 1. The minimum Gasteiger partial charge on any atom is -0.347 e. The Morgan fingerprint density at radius 3 is 2.62 bits per heavy atom. The predicted octanol–water partition coefficient (Wildman–Crippen LogP) is 3.88. The van der Waals surface area contributed by atoms with Gasteiger partial charge in [0.25, 0.3) is 5.91 Å².